The van der Waals surface area contributed by atoms with Gasteiger partial charge in [0, 0.05) is 60.4 Å². The molecule has 3 N–H and O–H groups in total. The van der Waals surface area contributed by atoms with Gasteiger partial charge < -0.3 is 20.2 Å². The summed E-state index contributed by atoms with van der Waals surface area (Å²) in [4.78, 5) is 32.6. The van der Waals surface area contributed by atoms with Gasteiger partial charge in [0.2, 0.25) is 0 Å². The van der Waals surface area contributed by atoms with Crippen molar-refractivity contribution < 1.29 is 0 Å². The van der Waals surface area contributed by atoms with Crippen molar-refractivity contribution >= 4 is 38.7 Å². The molecule has 0 unspecified atom stereocenters. The van der Waals surface area contributed by atoms with Crippen LogP contribution in [-0.2, 0) is 19.6 Å². The molecule has 7 rings (SSSR count). The van der Waals surface area contributed by atoms with E-state index >= 15 is 0 Å². The van der Waals surface area contributed by atoms with Crippen molar-refractivity contribution in [3.63, 3.8) is 0 Å². The number of nitrogens with zero attached hydrogens (tertiary/aromatic N) is 5. The van der Waals surface area contributed by atoms with E-state index < -0.39 is 0 Å². The van der Waals surface area contributed by atoms with Gasteiger partial charge in [0.05, 0.1) is 22.1 Å². The van der Waals surface area contributed by atoms with Crippen LogP contribution in [-0.4, -0.2) is 31.0 Å². The summed E-state index contributed by atoms with van der Waals surface area (Å²) in [6.45, 7) is 2.81. The molecule has 0 atom stereocenters. The lowest BCUT2D eigenvalue weighted by Crippen LogP contribution is -2.22. The molecule has 4 aromatic carbocycles. The van der Waals surface area contributed by atoms with Gasteiger partial charge in [0.1, 0.15) is 5.69 Å². The first-order valence-corrected chi connectivity index (χ1v) is 14.5. The Morgan fingerprint density at radius 3 is 2.14 bits per heavy atom. The number of nitrogens with one attached hydrogen (secondary N) is 1. The number of hydrogen-bond acceptors (Lipinski definition) is 6. The number of anilines is 1. The average molecular weight is 566 g/mol. The molecule has 8 nitrogen and oxygen atoms in total. The van der Waals surface area contributed by atoms with Gasteiger partial charge in [-0.05, 0) is 54.4 Å². The highest BCUT2D eigenvalue weighted by Crippen LogP contribution is 2.33. The van der Waals surface area contributed by atoms with Crippen molar-refractivity contribution in [3.8, 4) is 11.3 Å². The maximum Gasteiger partial charge on any atom is 0.275 e. The van der Waals surface area contributed by atoms with Crippen LogP contribution in [0.25, 0.3) is 44.2 Å². The fraction of sp³-hybridized carbons (Fsp3) is 0.143. The van der Waals surface area contributed by atoms with Gasteiger partial charge in [-0.25, -0.2) is 4.98 Å². The first kappa shape index (κ1) is 26.6. The van der Waals surface area contributed by atoms with Gasteiger partial charge in [-0.1, -0.05) is 60.7 Å². The first-order chi connectivity index (χ1) is 21.2. The molecule has 3 heterocycles. The molecule has 0 fully saturated rings. The highest BCUT2D eigenvalue weighted by Gasteiger charge is 2.18. The number of nitrogens with two attached hydrogens (primary N) is 1. The van der Waals surface area contributed by atoms with Crippen LogP contribution < -0.4 is 16.2 Å². The second-order valence-corrected chi connectivity index (χ2v) is 10.7. The molecule has 43 heavy (non-hydrogen) atoms. The smallest absolute Gasteiger partial charge is 0.275 e. The Morgan fingerprint density at radius 2 is 1.47 bits per heavy atom. The SMILES string of the molecule is NCCCn1cc(-c2nc3cc4nccnc4cc3[nH]c2=O)c2cc(N(Cc3ccccc3)Cc3ccccc3)ccc21. The zero-order valence-corrected chi connectivity index (χ0v) is 23.6. The Hall–Kier alpha value is -5.34. The fourth-order valence-corrected chi connectivity index (χ4v) is 5.69. The maximum atomic E-state index is 13.5. The quantitative estimate of drug-likeness (QED) is 0.207. The predicted octanol–water partition coefficient (Wildman–Crippen LogP) is 6.04. The second kappa shape index (κ2) is 11.5. The third-order valence-corrected chi connectivity index (χ3v) is 7.80. The van der Waals surface area contributed by atoms with E-state index in [1.807, 2.05) is 30.5 Å². The molecule has 7 aromatic rings. The zero-order chi connectivity index (χ0) is 29.2. The number of rotatable bonds is 9. The molecular formula is C35H31N7O. The zero-order valence-electron chi connectivity index (χ0n) is 23.6. The molecular weight excluding hydrogens is 534 g/mol. The van der Waals surface area contributed by atoms with Crippen molar-refractivity contribution in [3.05, 3.63) is 131 Å². The normalized spacial score (nSPS) is 11.5. The van der Waals surface area contributed by atoms with Crippen LogP contribution in [0.15, 0.2) is 114 Å². The summed E-state index contributed by atoms with van der Waals surface area (Å²) < 4.78 is 2.18. The van der Waals surface area contributed by atoms with E-state index in [1.54, 1.807) is 12.4 Å². The molecule has 8 heteroatoms. The molecule has 3 aromatic heterocycles. The van der Waals surface area contributed by atoms with Crippen molar-refractivity contribution in [1.29, 1.82) is 0 Å². The third kappa shape index (κ3) is 5.36. The number of H-pyrrole nitrogens is 1. The summed E-state index contributed by atoms with van der Waals surface area (Å²) in [5.41, 5.74) is 14.1. The third-order valence-electron chi connectivity index (χ3n) is 7.80. The van der Waals surface area contributed by atoms with Crippen LogP contribution in [0.4, 0.5) is 5.69 Å². The van der Waals surface area contributed by atoms with Gasteiger partial charge >= 0.3 is 0 Å². The van der Waals surface area contributed by atoms with Crippen molar-refractivity contribution in [2.45, 2.75) is 26.1 Å². The van der Waals surface area contributed by atoms with Crippen molar-refractivity contribution in [1.82, 2.24) is 24.5 Å². The van der Waals surface area contributed by atoms with Gasteiger partial charge in [-0.3, -0.25) is 14.8 Å². The lowest BCUT2D eigenvalue weighted by atomic mass is 10.1. The number of aromatic nitrogens is 5. The molecule has 0 aliphatic carbocycles. The number of fused-ring (bicyclic) bond motifs is 3. The predicted molar refractivity (Wildman–Crippen MR) is 173 cm³/mol. The number of aromatic amines is 1. The molecule has 0 spiro atoms. The highest BCUT2D eigenvalue weighted by molar-refractivity contribution is 5.98. The Bertz CT molecular complexity index is 2060. The highest BCUT2D eigenvalue weighted by atomic mass is 16.1. The van der Waals surface area contributed by atoms with Gasteiger partial charge in [-0.15, -0.1) is 0 Å². The molecule has 0 saturated heterocycles. The van der Waals surface area contributed by atoms with Gasteiger partial charge in [0.15, 0.2) is 0 Å². The summed E-state index contributed by atoms with van der Waals surface area (Å²) in [7, 11) is 0. The van der Waals surface area contributed by atoms with E-state index in [2.05, 4.69) is 91.1 Å². The van der Waals surface area contributed by atoms with Crippen LogP contribution in [0, 0.1) is 0 Å². The molecule has 0 amide bonds. The Kier molecular flexibility index (Phi) is 7.10. The lowest BCUT2D eigenvalue weighted by molar-refractivity contribution is 0.671. The Balaban J connectivity index is 1.38. The molecule has 0 radical (unpaired) electrons. The Labute approximate surface area is 248 Å². The summed E-state index contributed by atoms with van der Waals surface area (Å²) in [5, 5.41) is 0.971. The van der Waals surface area contributed by atoms with Crippen LogP contribution >= 0.6 is 0 Å². The minimum absolute atomic E-state index is 0.246. The van der Waals surface area contributed by atoms with E-state index in [0.29, 0.717) is 28.8 Å². The minimum atomic E-state index is -0.246. The second-order valence-electron chi connectivity index (χ2n) is 10.7. The molecule has 0 saturated carbocycles. The van der Waals surface area contributed by atoms with Crippen LogP contribution in [0.1, 0.15) is 17.5 Å². The molecule has 0 aliphatic heterocycles. The van der Waals surface area contributed by atoms with Crippen LogP contribution in [0.3, 0.4) is 0 Å². The number of hydrogen-bond donors (Lipinski definition) is 2. The van der Waals surface area contributed by atoms with Crippen LogP contribution in [0.5, 0.6) is 0 Å². The molecule has 0 bridgehead atoms. The molecule has 212 valence electrons. The fourth-order valence-electron chi connectivity index (χ4n) is 5.69. The number of aryl methyl sites for hydroxylation is 1. The van der Waals surface area contributed by atoms with E-state index in [9.17, 15) is 4.79 Å². The lowest BCUT2D eigenvalue weighted by Gasteiger charge is -2.26. The van der Waals surface area contributed by atoms with E-state index in [4.69, 9.17) is 10.7 Å². The monoisotopic (exact) mass is 565 g/mol. The van der Waals surface area contributed by atoms with E-state index in [-0.39, 0.29) is 5.56 Å². The summed E-state index contributed by atoms with van der Waals surface area (Å²) in [6.07, 6.45) is 6.16. The average Bonchev–Trinajstić information content (AvgIpc) is 3.40. The summed E-state index contributed by atoms with van der Waals surface area (Å²) in [6, 6.07) is 31.2. The summed E-state index contributed by atoms with van der Waals surface area (Å²) >= 11 is 0. The van der Waals surface area contributed by atoms with Crippen molar-refractivity contribution in [2.75, 3.05) is 11.4 Å². The van der Waals surface area contributed by atoms with Crippen LogP contribution in [0.2, 0.25) is 0 Å². The largest absolute Gasteiger partial charge is 0.363 e. The van der Waals surface area contributed by atoms with Gasteiger partial charge in [0.25, 0.3) is 5.56 Å². The van der Waals surface area contributed by atoms with Gasteiger partial charge in [-0.2, -0.15) is 0 Å². The Morgan fingerprint density at radius 1 is 0.791 bits per heavy atom. The van der Waals surface area contributed by atoms with Crippen molar-refractivity contribution in [2.24, 2.45) is 5.73 Å². The summed E-state index contributed by atoms with van der Waals surface area (Å²) in [5.74, 6) is 0. The van der Waals surface area contributed by atoms with E-state index in [1.165, 1.54) is 11.1 Å². The molecule has 0 aliphatic rings. The first-order valence-electron chi connectivity index (χ1n) is 14.5. The number of benzene rings is 4. The maximum absolute atomic E-state index is 13.5. The standard InChI is InChI=1S/C35H31N7O/c36-14-7-17-41-23-28(34-35(43)40-32-20-30-29(19-31(32)39-34)37-15-16-38-30)27-18-26(12-13-33(27)41)42(21-24-8-3-1-4-9-24)22-25-10-5-2-6-11-25/h1-6,8-13,15-16,18-20,23H,7,14,17,21-22,36H2,(H,40,43). The van der Waals surface area contributed by atoms with E-state index in [0.717, 1.165) is 53.7 Å². The minimum Gasteiger partial charge on any atom is -0.363 e. The topological polar surface area (TPSA) is 106 Å².